The highest BCUT2D eigenvalue weighted by molar-refractivity contribution is 5.79. The van der Waals surface area contributed by atoms with Crippen molar-refractivity contribution < 1.29 is 9.90 Å². The molecule has 0 bridgehead atoms. The highest BCUT2D eigenvalue weighted by Gasteiger charge is 2.24. The molecule has 0 aliphatic carbocycles. The van der Waals surface area contributed by atoms with E-state index in [1.807, 2.05) is 31.2 Å². The van der Waals surface area contributed by atoms with Crippen molar-refractivity contribution in [1.29, 1.82) is 0 Å². The number of nitrogens with one attached hydrogen (secondary N) is 2. The Labute approximate surface area is 133 Å². The number of aromatic nitrogens is 4. The third kappa shape index (κ3) is 3.72. The van der Waals surface area contributed by atoms with E-state index in [1.165, 1.54) is 0 Å². The first-order valence-corrected chi connectivity index (χ1v) is 7.66. The predicted molar refractivity (Wildman–Crippen MR) is 83.0 cm³/mol. The molecule has 0 spiro atoms. The second kappa shape index (κ2) is 6.84. The fraction of sp³-hybridized carbons (Fsp3) is 0.467. The van der Waals surface area contributed by atoms with Crippen molar-refractivity contribution in [1.82, 2.24) is 30.8 Å². The lowest BCUT2D eigenvalue weighted by atomic mass is 10.0. The smallest absolute Gasteiger partial charge is 0.224 e. The zero-order chi connectivity index (χ0) is 16.2. The van der Waals surface area contributed by atoms with Crippen LogP contribution in [-0.4, -0.2) is 56.5 Å². The molecule has 2 heterocycles. The maximum absolute atomic E-state index is 12.1. The molecule has 8 nitrogen and oxygen atoms in total. The molecule has 2 aromatic rings. The minimum atomic E-state index is -0.481. The van der Waals surface area contributed by atoms with E-state index in [-0.39, 0.29) is 18.4 Å². The molecule has 1 fully saturated rings. The highest BCUT2D eigenvalue weighted by Crippen LogP contribution is 2.10. The Bertz CT molecular complexity index is 669. The number of carbonyl (C=O) groups excluding carboxylic acids is 1. The van der Waals surface area contributed by atoms with Gasteiger partial charge in [-0.05, 0) is 48.0 Å². The number of tetrazole rings is 1. The van der Waals surface area contributed by atoms with E-state index in [0.29, 0.717) is 18.8 Å². The molecule has 1 aromatic heterocycles. The van der Waals surface area contributed by atoms with Crippen LogP contribution in [0.15, 0.2) is 24.3 Å². The summed E-state index contributed by atoms with van der Waals surface area (Å²) in [7, 11) is 0. The fourth-order valence-electron chi connectivity index (χ4n) is 2.66. The monoisotopic (exact) mass is 316 g/mol. The Kier molecular flexibility index (Phi) is 4.63. The maximum Gasteiger partial charge on any atom is 0.224 e. The fourth-order valence-corrected chi connectivity index (χ4v) is 2.66. The SMILES string of the molecule is Cc1nnnn1-c1ccc(CC(=O)N[C@H]2CNCC[C@H]2O)cc1. The number of carbonyl (C=O) groups is 1. The summed E-state index contributed by atoms with van der Waals surface area (Å²) in [4.78, 5) is 12.1. The van der Waals surface area contributed by atoms with Crippen molar-refractivity contribution in [3.63, 3.8) is 0 Å². The normalized spacial score (nSPS) is 21.1. The van der Waals surface area contributed by atoms with E-state index in [9.17, 15) is 9.90 Å². The minimum absolute atomic E-state index is 0.0934. The Morgan fingerprint density at radius 3 is 2.87 bits per heavy atom. The molecular formula is C15H20N6O2. The quantitative estimate of drug-likeness (QED) is 0.692. The van der Waals surface area contributed by atoms with Gasteiger partial charge in [0.2, 0.25) is 5.91 Å². The van der Waals surface area contributed by atoms with Crippen LogP contribution in [0.4, 0.5) is 0 Å². The topological polar surface area (TPSA) is 105 Å². The number of rotatable bonds is 4. The van der Waals surface area contributed by atoms with Crippen LogP contribution in [-0.2, 0) is 11.2 Å². The van der Waals surface area contributed by atoms with Crippen LogP contribution >= 0.6 is 0 Å². The number of benzene rings is 1. The first-order chi connectivity index (χ1) is 11.1. The van der Waals surface area contributed by atoms with Crippen molar-refractivity contribution in [3.05, 3.63) is 35.7 Å². The molecule has 0 unspecified atom stereocenters. The molecule has 1 aliphatic rings. The van der Waals surface area contributed by atoms with Gasteiger partial charge in [-0.3, -0.25) is 4.79 Å². The number of aliphatic hydroxyl groups excluding tert-OH is 1. The summed E-state index contributed by atoms with van der Waals surface area (Å²) in [5.74, 6) is 0.610. The summed E-state index contributed by atoms with van der Waals surface area (Å²) in [5.41, 5.74) is 1.75. The van der Waals surface area contributed by atoms with Gasteiger partial charge in [0, 0.05) is 6.54 Å². The number of aryl methyl sites for hydroxylation is 1. The zero-order valence-electron chi connectivity index (χ0n) is 12.9. The molecule has 1 aliphatic heterocycles. The van der Waals surface area contributed by atoms with Gasteiger partial charge in [-0.2, -0.15) is 4.68 Å². The Balaban J connectivity index is 1.59. The first-order valence-electron chi connectivity index (χ1n) is 7.66. The number of amides is 1. The molecule has 2 atom stereocenters. The molecule has 3 N–H and O–H groups in total. The van der Waals surface area contributed by atoms with E-state index in [0.717, 1.165) is 17.8 Å². The van der Waals surface area contributed by atoms with Crippen molar-refractivity contribution in [2.24, 2.45) is 0 Å². The van der Waals surface area contributed by atoms with Gasteiger partial charge in [0.15, 0.2) is 5.82 Å². The van der Waals surface area contributed by atoms with Gasteiger partial charge in [0.1, 0.15) is 0 Å². The molecular weight excluding hydrogens is 296 g/mol. The van der Waals surface area contributed by atoms with Gasteiger partial charge < -0.3 is 15.7 Å². The minimum Gasteiger partial charge on any atom is -0.391 e. The molecule has 1 saturated heterocycles. The van der Waals surface area contributed by atoms with Crippen molar-refractivity contribution in [2.75, 3.05) is 13.1 Å². The van der Waals surface area contributed by atoms with Gasteiger partial charge in [-0.15, -0.1) is 5.10 Å². The molecule has 1 amide bonds. The van der Waals surface area contributed by atoms with Crippen LogP contribution in [0.5, 0.6) is 0 Å². The van der Waals surface area contributed by atoms with Crippen molar-refractivity contribution in [3.8, 4) is 5.69 Å². The van der Waals surface area contributed by atoms with Crippen LogP contribution in [0.25, 0.3) is 5.69 Å². The standard InChI is InChI=1S/C15H20N6O2/c1-10-18-19-20-21(10)12-4-2-11(3-5-12)8-15(23)17-13-9-16-7-6-14(13)22/h2-5,13-14,16,22H,6-9H2,1H3,(H,17,23)/t13-,14+/m0/s1. The van der Waals surface area contributed by atoms with Crippen molar-refractivity contribution in [2.45, 2.75) is 31.9 Å². The zero-order valence-corrected chi connectivity index (χ0v) is 12.9. The third-order valence-corrected chi connectivity index (χ3v) is 3.96. The summed E-state index contributed by atoms with van der Waals surface area (Å²) in [5, 5.41) is 27.3. The highest BCUT2D eigenvalue weighted by atomic mass is 16.3. The molecule has 1 aromatic carbocycles. The maximum atomic E-state index is 12.1. The molecule has 3 rings (SSSR count). The second-order valence-corrected chi connectivity index (χ2v) is 5.72. The lowest BCUT2D eigenvalue weighted by molar-refractivity contribution is -0.122. The molecule has 8 heteroatoms. The van der Waals surface area contributed by atoms with Gasteiger partial charge >= 0.3 is 0 Å². The van der Waals surface area contributed by atoms with E-state index in [1.54, 1.807) is 4.68 Å². The second-order valence-electron chi connectivity index (χ2n) is 5.72. The molecule has 122 valence electrons. The number of hydrogen-bond acceptors (Lipinski definition) is 6. The first kappa shape index (κ1) is 15.6. The average molecular weight is 316 g/mol. The molecule has 0 saturated carbocycles. The number of hydrogen-bond donors (Lipinski definition) is 3. The van der Waals surface area contributed by atoms with E-state index in [4.69, 9.17) is 0 Å². The van der Waals surface area contributed by atoms with Crippen LogP contribution < -0.4 is 10.6 Å². The Hall–Kier alpha value is -2.32. The summed E-state index contributed by atoms with van der Waals surface area (Å²) in [6.07, 6.45) is 0.452. The largest absolute Gasteiger partial charge is 0.391 e. The Morgan fingerprint density at radius 1 is 1.43 bits per heavy atom. The molecule has 23 heavy (non-hydrogen) atoms. The van der Waals surface area contributed by atoms with Gasteiger partial charge in [-0.25, -0.2) is 0 Å². The summed E-state index contributed by atoms with van der Waals surface area (Å²) in [6, 6.07) is 7.29. The lowest BCUT2D eigenvalue weighted by Gasteiger charge is -2.29. The lowest BCUT2D eigenvalue weighted by Crippen LogP contribution is -2.54. The van der Waals surface area contributed by atoms with Gasteiger partial charge in [-0.1, -0.05) is 12.1 Å². The summed E-state index contributed by atoms with van der Waals surface area (Å²) in [6.45, 7) is 3.21. The van der Waals surface area contributed by atoms with E-state index >= 15 is 0 Å². The number of piperidine rings is 1. The van der Waals surface area contributed by atoms with Crippen molar-refractivity contribution >= 4 is 5.91 Å². The number of aliphatic hydroxyl groups is 1. The average Bonchev–Trinajstić information content (AvgIpc) is 2.96. The van der Waals surface area contributed by atoms with Gasteiger partial charge in [0.05, 0.1) is 24.3 Å². The van der Waals surface area contributed by atoms with Crippen LogP contribution in [0.3, 0.4) is 0 Å². The van der Waals surface area contributed by atoms with E-state index in [2.05, 4.69) is 26.2 Å². The Morgan fingerprint density at radius 2 is 2.22 bits per heavy atom. The van der Waals surface area contributed by atoms with Crippen LogP contribution in [0.1, 0.15) is 17.8 Å². The summed E-state index contributed by atoms with van der Waals surface area (Å²) < 4.78 is 1.63. The molecule has 0 radical (unpaired) electrons. The number of nitrogens with zero attached hydrogens (tertiary/aromatic N) is 4. The van der Waals surface area contributed by atoms with Crippen LogP contribution in [0, 0.1) is 6.92 Å². The summed E-state index contributed by atoms with van der Waals surface area (Å²) >= 11 is 0. The van der Waals surface area contributed by atoms with Crippen LogP contribution in [0.2, 0.25) is 0 Å². The van der Waals surface area contributed by atoms with Gasteiger partial charge in [0.25, 0.3) is 0 Å². The predicted octanol–water partition coefficient (Wildman–Crippen LogP) is -0.648. The van der Waals surface area contributed by atoms with E-state index < -0.39 is 6.10 Å². The third-order valence-electron chi connectivity index (χ3n) is 3.96.